The van der Waals surface area contributed by atoms with Crippen molar-refractivity contribution in [3.05, 3.63) is 58.3 Å². The minimum absolute atomic E-state index is 0.200. The zero-order valence-electron chi connectivity index (χ0n) is 16.9. The fourth-order valence-electron chi connectivity index (χ4n) is 4.39. The Balaban J connectivity index is 1.77. The number of alkyl halides is 3. The highest BCUT2D eigenvalue weighted by Gasteiger charge is 2.35. The van der Waals surface area contributed by atoms with E-state index in [0.717, 1.165) is 17.8 Å². The van der Waals surface area contributed by atoms with Gasteiger partial charge in [0.15, 0.2) is 0 Å². The average Bonchev–Trinajstić information content (AvgIpc) is 2.94. The Morgan fingerprint density at radius 3 is 2.66 bits per heavy atom. The number of nitrogens with one attached hydrogen (secondary N) is 1. The van der Waals surface area contributed by atoms with E-state index in [-0.39, 0.29) is 12.5 Å². The van der Waals surface area contributed by atoms with Gasteiger partial charge in [0.1, 0.15) is 5.82 Å². The molecule has 5 rings (SSSR count). The van der Waals surface area contributed by atoms with Crippen LogP contribution in [-0.4, -0.2) is 46.5 Å². The third-order valence-corrected chi connectivity index (χ3v) is 8.51. The second-order valence-corrected chi connectivity index (χ2v) is 10.7. The van der Waals surface area contributed by atoms with Gasteiger partial charge in [-0.3, -0.25) is 9.55 Å². The van der Waals surface area contributed by atoms with Gasteiger partial charge in [0.2, 0.25) is 0 Å². The van der Waals surface area contributed by atoms with Gasteiger partial charge in [0.05, 0.1) is 11.1 Å². The van der Waals surface area contributed by atoms with E-state index in [9.17, 15) is 18.0 Å². The summed E-state index contributed by atoms with van der Waals surface area (Å²) in [5.74, 6) is 0.523. The molecule has 1 N–H and O–H groups in total. The fourth-order valence-corrected chi connectivity index (χ4v) is 6.91. The summed E-state index contributed by atoms with van der Waals surface area (Å²) in [6.07, 6.45) is -2.87. The van der Waals surface area contributed by atoms with Gasteiger partial charge in [0.25, 0.3) is 0 Å². The van der Waals surface area contributed by atoms with Crippen LogP contribution in [0.5, 0.6) is 0 Å². The van der Waals surface area contributed by atoms with Gasteiger partial charge in [0, 0.05) is 66.6 Å². The van der Waals surface area contributed by atoms with Crippen molar-refractivity contribution >= 4 is 37.5 Å². The van der Waals surface area contributed by atoms with E-state index in [0.29, 0.717) is 53.5 Å². The normalized spacial score (nSPS) is 22.7. The highest BCUT2D eigenvalue weighted by atomic mass is 35.7. The lowest BCUT2D eigenvalue weighted by Gasteiger charge is -2.30. The minimum Gasteiger partial charge on any atom is -0.353 e. The van der Waals surface area contributed by atoms with E-state index in [1.165, 1.54) is 4.57 Å². The van der Waals surface area contributed by atoms with E-state index in [2.05, 4.69) is 15.3 Å². The number of halogens is 4. The number of hydrogen-bond donors (Lipinski definition) is 2. The molecule has 2 aliphatic heterocycles. The highest BCUT2D eigenvalue weighted by molar-refractivity contribution is 8.36. The standard InChI is InChI=1S/C21H21ClF3N5OS/c22-32-12-13(16-3-1-2-4-27-16)11-30-18-15(9-14(10-17(18)32)21(23,24)25)19(28-20(30)31)29-7-5-26-6-8-29/h1-4,9-10,13,26,32H,5-8,11-12H2. The van der Waals surface area contributed by atoms with Gasteiger partial charge in [-0.2, -0.15) is 18.2 Å². The maximum absolute atomic E-state index is 13.8. The molecule has 0 bridgehead atoms. The Morgan fingerprint density at radius 1 is 1.19 bits per heavy atom. The van der Waals surface area contributed by atoms with Crippen molar-refractivity contribution < 1.29 is 13.2 Å². The van der Waals surface area contributed by atoms with Crippen LogP contribution in [0.4, 0.5) is 19.0 Å². The number of aromatic nitrogens is 3. The van der Waals surface area contributed by atoms with E-state index in [1.807, 2.05) is 17.0 Å². The summed E-state index contributed by atoms with van der Waals surface area (Å²) < 4.78 is 42.9. The first-order chi connectivity index (χ1) is 15.3. The van der Waals surface area contributed by atoms with Crippen LogP contribution in [0.2, 0.25) is 0 Å². The van der Waals surface area contributed by atoms with Crippen molar-refractivity contribution in [1.82, 2.24) is 19.9 Å². The molecular formula is C21H21ClF3N5OS. The van der Waals surface area contributed by atoms with Gasteiger partial charge in [-0.15, -0.1) is 10.1 Å². The fraction of sp³-hybridized carbons (Fsp3) is 0.381. The topological polar surface area (TPSA) is 63.1 Å². The van der Waals surface area contributed by atoms with Gasteiger partial charge in [-0.05, 0) is 24.3 Å². The first-order valence-electron chi connectivity index (χ1n) is 10.3. The molecule has 2 aromatic heterocycles. The van der Waals surface area contributed by atoms with Crippen LogP contribution >= 0.6 is 20.8 Å². The number of thiol groups is 1. The predicted octanol–water partition coefficient (Wildman–Crippen LogP) is 3.53. The van der Waals surface area contributed by atoms with Crippen LogP contribution in [0.25, 0.3) is 10.9 Å². The van der Waals surface area contributed by atoms with Crippen LogP contribution in [0.1, 0.15) is 17.2 Å². The van der Waals surface area contributed by atoms with Crippen molar-refractivity contribution in [2.24, 2.45) is 0 Å². The molecule has 4 heterocycles. The maximum atomic E-state index is 13.8. The van der Waals surface area contributed by atoms with Crippen LogP contribution in [0.3, 0.4) is 0 Å². The number of rotatable bonds is 2. The summed E-state index contributed by atoms with van der Waals surface area (Å²) in [6, 6.07) is 7.72. The summed E-state index contributed by atoms with van der Waals surface area (Å²) in [5, 5.41) is 3.54. The van der Waals surface area contributed by atoms with Gasteiger partial charge >= 0.3 is 11.9 Å². The van der Waals surface area contributed by atoms with Crippen molar-refractivity contribution in [1.29, 1.82) is 0 Å². The van der Waals surface area contributed by atoms with E-state index in [4.69, 9.17) is 10.7 Å². The molecule has 0 saturated carbocycles. The molecule has 3 aromatic rings. The molecule has 32 heavy (non-hydrogen) atoms. The van der Waals surface area contributed by atoms with Crippen molar-refractivity contribution in [2.75, 3.05) is 36.8 Å². The quantitative estimate of drug-likeness (QED) is 0.546. The molecule has 11 heteroatoms. The molecule has 0 aliphatic carbocycles. The molecule has 0 amide bonds. The summed E-state index contributed by atoms with van der Waals surface area (Å²) >= 11 is 0. The van der Waals surface area contributed by atoms with Crippen molar-refractivity contribution in [3.8, 4) is 0 Å². The Bertz CT molecular complexity index is 1210. The monoisotopic (exact) mass is 483 g/mol. The summed E-state index contributed by atoms with van der Waals surface area (Å²) in [6.45, 7) is 2.72. The second-order valence-electron chi connectivity index (χ2n) is 7.95. The Hall–Kier alpha value is -2.30. The smallest absolute Gasteiger partial charge is 0.353 e. The lowest BCUT2D eigenvalue weighted by Crippen LogP contribution is -2.45. The van der Waals surface area contributed by atoms with Gasteiger partial charge in [-0.25, -0.2) is 4.79 Å². The molecule has 0 spiro atoms. The Morgan fingerprint density at radius 2 is 1.97 bits per heavy atom. The number of hydrogen-bond acceptors (Lipinski definition) is 5. The Labute approximate surface area is 189 Å². The molecule has 6 nitrogen and oxygen atoms in total. The second kappa shape index (κ2) is 8.24. The molecule has 1 fully saturated rings. The van der Waals surface area contributed by atoms with E-state index < -0.39 is 27.5 Å². The SMILES string of the molecule is O=c1nc(N2CCNCC2)c2cc(C(F)(F)F)cc3c2n1CC(c1ccccn1)C[SH]3Cl. The van der Waals surface area contributed by atoms with E-state index >= 15 is 0 Å². The van der Waals surface area contributed by atoms with Crippen molar-refractivity contribution in [3.63, 3.8) is 0 Å². The van der Waals surface area contributed by atoms with E-state index in [1.54, 1.807) is 12.3 Å². The number of pyridine rings is 1. The molecule has 2 aliphatic rings. The molecule has 2 atom stereocenters. The number of piperazine rings is 1. The number of nitrogens with zero attached hydrogens (tertiary/aromatic N) is 4. The third kappa shape index (κ3) is 3.84. The number of benzene rings is 1. The number of anilines is 1. The summed E-state index contributed by atoms with van der Waals surface area (Å²) in [7, 11) is 5.31. The minimum atomic E-state index is -4.54. The summed E-state index contributed by atoms with van der Waals surface area (Å²) in [4.78, 5) is 24.1. The zero-order chi connectivity index (χ0) is 22.5. The maximum Gasteiger partial charge on any atom is 0.416 e. The lowest BCUT2D eigenvalue weighted by atomic mass is 10.1. The average molecular weight is 484 g/mol. The van der Waals surface area contributed by atoms with Crippen molar-refractivity contribution in [2.45, 2.75) is 23.5 Å². The summed E-state index contributed by atoms with van der Waals surface area (Å²) in [5.41, 5.74) is -0.0236. The van der Waals surface area contributed by atoms with Crippen LogP contribution in [0, 0.1) is 0 Å². The molecule has 2 unspecified atom stereocenters. The molecule has 1 aromatic carbocycles. The van der Waals surface area contributed by atoms with Crippen LogP contribution in [-0.2, 0) is 12.7 Å². The molecule has 1 saturated heterocycles. The first-order valence-corrected chi connectivity index (χ1v) is 12.7. The van der Waals surface area contributed by atoms with Gasteiger partial charge < -0.3 is 10.2 Å². The van der Waals surface area contributed by atoms with Crippen LogP contribution in [0.15, 0.2) is 46.2 Å². The largest absolute Gasteiger partial charge is 0.416 e. The first kappa shape index (κ1) is 21.5. The van der Waals surface area contributed by atoms with Crippen LogP contribution < -0.4 is 15.9 Å². The zero-order valence-corrected chi connectivity index (χ0v) is 18.6. The third-order valence-electron chi connectivity index (χ3n) is 5.93. The molecule has 170 valence electrons. The highest BCUT2D eigenvalue weighted by Crippen LogP contribution is 2.51. The predicted molar refractivity (Wildman–Crippen MR) is 121 cm³/mol. The van der Waals surface area contributed by atoms with Gasteiger partial charge in [-0.1, -0.05) is 16.7 Å². The lowest BCUT2D eigenvalue weighted by molar-refractivity contribution is -0.137. The molecular weight excluding hydrogens is 463 g/mol. The molecule has 0 radical (unpaired) electrons. The Kier molecular flexibility index (Phi) is 5.55.